The predicted octanol–water partition coefficient (Wildman–Crippen LogP) is 3.41. The first kappa shape index (κ1) is 16.5. The highest BCUT2D eigenvalue weighted by Crippen LogP contribution is 2.32. The van der Waals surface area contributed by atoms with Crippen LogP contribution >= 0.6 is 0 Å². The third-order valence-electron chi connectivity index (χ3n) is 4.55. The fourth-order valence-corrected chi connectivity index (χ4v) is 3.26. The summed E-state index contributed by atoms with van der Waals surface area (Å²) in [5.41, 5.74) is 1.81. The second-order valence-corrected chi connectivity index (χ2v) is 5.97. The molecule has 4 heteroatoms. The van der Waals surface area contributed by atoms with Crippen LogP contribution in [0.5, 0.6) is 0 Å². The van der Waals surface area contributed by atoms with Gasteiger partial charge >= 0.3 is 5.97 Å². The fraction of sp³-hybridized carbons (Fsp3) is 0.556. The van der Waals surface area contributed by atoms with E-state index in [4.69, 9.17) is 0 Å². The molecule has 0 fully saturated rings. The summed E-state index contributed by atoms with van der Waals surface area (Å²) in [4.78, 5) is 26.2. The molecule has 0 saturated carbocycles. The fourth-order valence-electron chi connectivity index (χ4n) is 3.26. The van der Waals surface area contributed by atoms with Gasteiger partial charge in [-0.15, -0.1) is 0 Å². The SMILES string of the molecule is CCCCC(CC)C(=O)N1CCc2ccccc2C1C(=O)O. The Balaban J connectivity index is 2.26. The van der Waals surface area contributed by atoms with Crippen molar-refractivity contribution in [3.63, 3.8) is 0 Å². The number of fused-ring (bicyclic) bond motifs is 1. The van der Waals surface area contributed by atoms with Crippen LogP contribution in [0.25, 0.3) is 0 Å². The summed E-state index contributed by atoms with van der Waals surface area (Å²) in [7, 11) is 0. The Labute approximate surface area is 132 Å². The lowest BCUT2D eigenvalue weighted by atomic mass is 9.90. The molecule has 0 spiro atoms. The van der Waals surface area contributed by atoms with Crippen LogP contribution in [-0.2, 0) is 16.0 Å². The van der Waals surface area contributed by atoms with Crippen molar-refractivity contribution in [2.45, 2.75) is 52.0 Å². The summed E-state index contributed by atoms with van der Waals surface area (Å²) >= 11 is 0. The molecule has 0 aliphatic carbocycles. The summed E-state index contributed by atoms with van der Waals surface area (Å²) in [5, 5.41) is 9.64. The van der Waals surface area contributed by atoms with Gasteiger partial charge in [-0.2, -0.15) is 0 Å². The normalized spacial score (nSPS) is 18.6. The molecule has 1 N–H and O–H groups in total. The first-order chi connectivity index (χ1) is 10.6. The highest BCUT2D eigenvalue weighted by Gasteiger charge is 2.37. The van der Waals surface area contributed by atoms with Gasteiger partial charge in [0.2, 0.25) is 5.91 Å². The quantitative estimate of drug-likeness (QED) is 0.876. The van der Waals surface area contributed by atoms with Crippen molar-refractivity contribution in [1.29, 1.82) is 0 Å². The summed E-state index contributed by atoms with van der Waals surface area (Å²) in [6.07, 6.45) is 4.40. The minimum absolute atomic E-state index is 0.00199. The first-order valence-electron chi connectivity index (χ1n) is 8.21. The van der Waals surface area contributed by atoms with Gasteiger partial charge in [-0.25, -0.2) is 4.79 Å². The molecule has 0 bridgehead atoms. The average molecular weight is 303 g/mol. The van der Waals surface area contributed by atoms with Crippen LogP contribution in [0.1, 0.15) is 56.7 Å². The molecule has 1 aromatic rings. The number of hydrogen-bond acceptors (Lipinski definition) is 2. The van der Waals surface area contributed by atoms with Crippen molar-refractivity contribution in [3.05, 3.63) is 35.4 Å². The maximum absolute atomic E-state index is 12.8. The second-order valence-electron chi connectivity index (χ2n) is 5.97. The van der Waals surface area contributed by atoms with Crippen molar-refractivity contribution in [2.75, 3.05) is 6.54 Å². The zero-order valence-corrected chi connectivity index (χ0v) is 13.4. The molecule has 2 unspecified atom stereocenters. The number of aliphatic carboxylic acids is 1. The second kappa shape index (κ2) is 7.43. The molecule has 1 aliphatic heterocycles. The predicted molar refractivity (Wildman–Crippen MR) is 85.5 cm³/mol. The molecule has 1 amide bonds. The number of nitrogens with zero attached hydrogens (tertiary/aromatic N) is 1. The van der Waals surface area contributed by atoms with Crippen molar-refractivity contribution < 1.29 is 14.7 Å². The molecular weight excluding hydrogens is 278 g/mol. The minimum atomic E-state index is -0.939. The maximum atomic E-state index is 12.8. The van der Waals surface area contributed by atoms with E-state index in [1.165, 1.54) is 0 Å². The number of unbranched alkanes of at least 4 members (excludes halogenated alkanes) is 1. The number of hydrogen-bond donors (Lipinski definition) is 1. The minimum Gasteiger partial charge on any atom is -0.479 e. The van der Waals surface area contributed by atoms with E-state index in [1.807, 2.05) is 31.2 Å². The Kier molecular flexibility index (Phi) is 5.58. The van der Waals surface area contributed by atoms with Crippen molar-refractivity contribution in [2.24, 2.45) is 5.92 Å². The van der Waals surface area contributed by atoms with E-state index in [0.717, 1.165) is 43.2 Å². The van der Waals surface area contributed by atoms with E-state index in [-0.39, 0.29) is 11.8 Å². The molecule has 120 valence electrons. The number of benzene rings is 1. The Hall–Kier alpha value is -1.84. The highest BCUT2D eigenvalue weighted by molar-refractivity contribution is 5.86. The monoisotopic (exact) mass is 303 g/mol. The van der Waals surface area contributed by atoms with E-state index >= 15 is 0 Å². The van der Waals surface area contributed by atoms with E-state index < -0.39 is 12.0 Å². The van der Waals surface area contributed by atoms with Gasteiger partial charge in [0, 0.05) is 12.5 Å². The smallest absolute Gasteiger partial charge is 0.331 e. The lowest BCUT2D eigenvalue weighted by Gasteiger charge is -2.36. The molecule has 0 saturated heterocycles. The Morgan fingerprint density at radius 1 is 1.32 bits per heavy atom. The number of carboxylic acids is 1. The largest absolute Gasteiger partial charge is 0.479 e. The first-order valence-corrected chi connectivity index (χ1v) is 8.21. The molecule has 1 aliphatic rings. The van der Waals surface area contributed by atoms with Crippen molar-refractivity contribution in [1.82, 2.24) is 4.90 Å². The van der Waals surface area contributed by atoms with Crippen molar-refractivity contribution in [3.8, 4) is 0 Å². The lowest BCUT2D eigenvalue weighted by Crippen LogP contribution is -2.46. The standard InChI is InChI=1S/C18H25NO3/c1-3-5-8-13(4-2)17(20)19-12-11-14-9-6-7-10-15(14)16(19)18(21)22/h6-7,9-10,13,16H,3-5,8,11-12H2,1-2H3,(H,21,22). The molecule has 0 aromatic heterocycles. The molecule has 2 rings (SSSR count). The highest BCUT2D eigenvalue weighted by atomic mass is 16.4. The Morgan fingerprint density at radius 3 is 2.68 bits per heavy atom. The van der Waals surface area contributed by atoms with Crippen LogP contribution in [0, 0.1) is 5.92 Å². The van der Waals surface area contributed by atoms with Crippen LogP contribution in [0.2, 0.25) is 0 Å². The maximum Gasteiger partial charge on any atom is 0.331 e. The Morgan fingerprint density at radius 2 is 2.05 bits per heavy atom. The van der Waals surface area contributed by atoms with E-state index in [0.29, 0.717) is 6.54 Å². The van der Waals surface area contributed by atoms with Gasteiger partial charge in [0.15, 0.2) is 6.04 Å². The molecule has 1 heterocycles. The van der Waals surface area contributed by atoms with Gasteiger partial charge in [0.05, 0.1) is 0 Å². The third-order valence-corrected chi connectivity index (χ3v) is 4.55. The van der Waals surface area contributed by atoms with Gasteiger partial charge in [-0.3, -0.25) is 4.79 Å². The number of amides is 1. The summed E-state index contributed by atoms with van der Waals surface area (Å²) in [5.74, 6) is -1.00. The summed E-state index contributed by atoms with van der Waals surface area (Å²) < 4.78 is 0. The van der Waals surface area contributed by atoms with Gasteiger partial charge < -0.3 is 10.0 Å². The van der Waals surface area contributed by atoms with E-state index in [1.54, 1.807) is 4.90 Å². The topological polar surface area (TPSA) is 57.6 Å². The molecule has 4 nitrogen and oxygen atoms in total. The molecule has 22 heavy (non-hydrogen) atoms. The van der Waals surface area contributed by atoms with Crippen molar-refractivity contribution >= 4 is 11.9 Å². The zero-order valence-electron chi connectivity index (χ0n) is 13.4. The van der Waals surface area contributed by atoms with Gasteiger partial charge in [-0.1, -0.05) is 51.0 Å². The van der Waals surface area contributed by atoms with Crippen LogP contribution in [0.4, 0.5) is 0 Å². The van der Waals surface area contributed by atoms with Crippen LogP contribution in [0.3, 0.4) is 0 Å². The van der Waals surface area contributed by atoms with E-state index in [9.17, 15) is 14.7 Å². The Bertz CT molecular complexity index is 541. The molecular formula is C18H25NO3. The number of carbonyl (C=O) groups is 2. The van der Waals surface area contributed by atoms with Crippen LogP contribution in [-0.4, -0.2) is 28.4 Å². The van der Waals surface area contributed by atoms with E-state index in [2.05, 4.69) is 6.92 Å². The summed E-state index contributed by atoms with van der Waals surface area (Å²) in [6.45, 7) is 4.61. The number of rotatable bonds is 6. The number of carbonyl (C=O) groups excluding carboxylic acids is 1. The summed E-state index contributed by atoms with van der Waals surface area (Å²) in [6, 6.07) is 6.72. The third kappa shape index (κ3) is 3.32. The number of carboxylic acid groups (broad SMARTS) is 1. The van der Waals surface area contributed by atoms with Crippen LogP contribution < -0.4 is 0 Å². The molecule has 1 aromatic carbocycles. The van der Waals surface area contributed by atoms with Crippen LogP contribution in [0.15, 0.2) is 24.3 Å². The lowest BCUT2D eigenvalue weighted by molar-refractivity contribution is -0.153. The van der Waals surface area contributed by atoms with Gasteiger partial charge in [-0.05, 0) is 30.4 Å². The average Bonchev–Trinajstić information content (AvgIpc) is 2.54. The zero-order chi connectivity index (χ0) is 16.1. The van der Waals surface area contributed by atoms with Gasteiger partial charge in [0.1, 0.15) is 0 Å². The molecule has 0 radical (unpaired) electrons. The van der Waals surface area contributed by atoms with Gasteiger partial charge in [0.25, 0.3) is 0 Å². The molecule has 2 atom stereocenters.